The van der Waals surface area contributed by atoms with Gasteiger partial charge in [-0.1, -0.05) is 25.0 Å². The highest BCUT2D eigenvalue weighted by Crippen LogP contribution is 2.34. The fourth-order valence-electron chi connectivity index (χ4n) is 4.45. The van der Waals surface area contributed by atoms with Crippen LogP contribution in [0.5, 0.6) is 11.5 Å². The maximum Gasteiger partial charge on any atom is 0.243 e. The molecule has 2 atom stereocenters. The van der Waals surface area contributed by atoms with E-state index in [1.165, 1.54) is 4.90 Å². The second-order valence-electron chi connectivity index (χ2n) is 9.11. The van der Waals surface area contributed by atoms with Crippen molar-refractivity contribution in [3.63, 3.8) is 0 Å². The molecule has 1 aliphatic heterocycles. The number of carbonyl (C=O) groups excluding carboxylic acids is 3. The van der Waals surface area contributed by atoms with Gasteiger partial charge in [-0.3, -0.25) is 23.5 Å². The van der Waals surface area contributed by atoms with Crippen LogP contribution in [0.2, 0.25) is 0 Å². The van der Waals surface area contributed by atoms with Gasteiger partial charge >= 0.3 is 0 Å². The predicted octanol–water partition coefficient (Wildman–Crippen LogP) is 2.89. The number of carbonyl (C=O) groups is 3. The fourth-order valence-corrected chi connectivity index (χ4v) is 5.33. The van der Waals surface area contributed by atoms with Crippen LogP contribution in [0, 0.1) is 6.92 Å². The number of ether oxygens (including phenoxy) is 2. The zero-order chi connectivity index (χ0) is 25.7. The fraction of sp³-hybridized carbons (Fsp3) is 0.423. The molecule has 0 aromatic heterocycles. The van der Waals surface area contributed by atoms with Crippen LogP contribution in [0.15, 0.2) is 42.5 Å². The van der Waals surface area contributed by atoms with Gasteiger partial charge in [0.1, 0.15) is 17.5 Å². The smallest absolute Gasteiger partial charge is 0.243 e. The van der Waals surface area contributed by atoms with Crippen LogP contribution in [0.4, 0.5) is 11.4 Å². The third-order valence-electron chi connectivity index (χ3n) is 6.25. The van der Waals surface area contributed by atoms with Crippen molar-refractivity contribution in [3.8, 4) is 11.5 Å². The summed E-state index contributed by atoms with van der Waals surface area (Å²) >= 11 is 0. The van der Waals surface area contributed by atoms with Crippen LogP contribution >= 0.6 is 0 Å². The minimum atomic E-state index is -1.78. The van der Waals surface area contributed by atoms with E-state index in [4.69, 9.17) is 9.47 Å². The minimum absolute atomic E-state index is 0.114. The third-order valence-corrected chi connectivity index (χ3v) is 7.40. The molecule has 2 N–H and O–H groups in total. The van der Waals surface area contributed by atoms with Gasteiger partial charge in [0.2, 0.25) is 24.5 Å². The number of rotatable bonds is 9. The molecule has 10 heteroatoms. The van der Waals surface area contributed by atoms with Crippen molar-refractivity contribution < 1.29 is 28.1 Å². The van der Waals surface area contributed by atoms with Gasteiger partial charge in [0.25, 0.3) is 0 Å². The highest BCUT2D eigenvalue weighted by atomic mass is 32.2. The SMILES string of the molecule is Cc1cccc(N(C(=O)CS(=O)CC(=O)Nc2ccc3c(c2)OCO3)C(C)C(=O)NC2CCCC2)c1. The van der Waals surface area contributed by atoms with Crippen LogP contribution in [0.3, 0.4) is 0 Å². The van der Waals surface area contributed by atoms with E-state index >= 15 is 0 Å². The lowest BCUT2D eigenvalue weighted by Crippen LogP contribution is -2.51. The van der Waals surface area contributed by atoms with Gasteiger partial charge in [-0.05, 0) is 56.5 Å². The second kappa shape index (κ2) is 11.6. The molecule has 1 heterocycles. The number of hydrogen-bond donors (Lipinski definition) is 2. The lowest BCUT2D eigenvalue weighted by molar-refractivity contribution is -0.125. The molecule has 1 aliphatic carbocycles. The quantitative estimate of drug-likeness (QED) is 0.533. The molecular weight excluding hydrogens is 482 g/mol. The standard InChI is InChI=1S/C26H31N3O6S/c1-17-6-5-9-21(12-17)29(18(2)26(32)28-19-7-3-4-8-19)25(31)15-36(33)14-24(30)27-20-10-11-22-23(13-20)35-16-34-22/h5-6,9-13,18-19H,3-4,7-8,14-16H2,1-2H3,(H,27,30)(H,28,32). The van der Waals surface area contributed by atoms with E-state index in [9.17, 15) is 18.6 Å². The molecule has 0 radical (unpaired) electrons. The van der Waals surface area contributed by atoms with Crippen molar-refractivity contribution in [1.82, 2.24) is 5.32 Å². The lowest BCUT2D eigenvalue weighted by atomic mass is 10.1. The molecule has 2 unspecified atom stereocenters. The zero-order valence-corrected chi connectivity index (χ0v) is 21.3. The first-order chi connectivity index (χ1) is 17.3. The van der Waals surface area contributed by atoms with Gasteiger partial charge in [-0.15, -0.1) is 0 Å². The molecule has 192 valence electrons. The summed E-state index contributed by atoms with van der Waals surface area (Å²) in [4.78, 5) is 40.1. The summed E-state index contributed by atoms with van der Waals surface area (Å²) in [5, 5.41) is 5.71. The van der Waals surface area contributed by atoms with E-state index in [-0.39, 0.29) is 30.2 Å². The number of benzene rings is 2. The van der Waals surface area contributed by atoms with E-state index in [1.54, 1.807) is 31.2 Å². The molecular formula is C26H31N3O6S. The number of aryl methyl sites for hydroxylation is 1. The van der Waals surface area contributed by atoms with Gasteiger partial charge in [0.05, 0.1) is 0 Å². The van der Waals surface area contributed by atoms with Gasteiger partial charge in [-0.2, -0.15) is 0 Å². The first kappa shape index (κ1) is 25.7. The Morgan fingerprint density at radius 2 is 1.81 bits per heavy atom. The summed E-state index contributed by atoms with van der Waals surface area (Å²) < 4.78 is 23.3. The van der Waals surface area contributed by atoms with E-state index in [2.05, 4.69) is 10.6 Å². The van der Waals surface area contributed by atoms with Crippen LogP contribution in [0.25, 0.3) is 0 Å². The predicted molar refractivity (Wildman–Crippen MR) is 138 cm³/mol. The van der Waals surface area contributed by atoms with Crippen LogP contribution in [-0.4, -0.2) is 52.3 Å². The number of fused-ring (bicyclic) bond motifs is 1. The van der Waals surface area contributed by atoms with Crippen molar-refractivity contribution in [1.29, 1.82) is 0 Å². The van der Waals surface area contributed by atoms with Gasteiger partial charge in [0.15, 0.2) is 11.5 Å². The number of amides is 3. The number of nitrogens with one attached hydrogen (secondary N) is 2. The molecule has 2 aromatic carbocycles. The molecule has 2 aromatic rings. The zero-order valence-electron chi connectivity index (χ0n) is 20.5. The number of nitrogens with zero attached hydrogens (tertiary/aromatic N) is 1. The van der Waals surface area contributed by atoms with Crippen molar-refractivity contribution >= 4 is 39.9 Å². The minimum Gasteiger partial charge on any atom is -0.454 e. The molecule has 0 bridgehead atoms. The van der Waals surface area contributed by atoms with Crippen molar-refractivity contribution in [2.45, 2.75) is 51.6 Å². The monoisotopic (exact) mass is 513 g/mol. The molecule has 2 aliphatic rings. The Labute approximate surface area is 213 Å². The molecule has 1 saturated carbocycles. The highest BCUT2D eigenvalue weighted by molar-refractivity contribution is 7.86. The van der Waals surface area contributed by atoms with E-state index in [0.29, 0.717) is 22.9 Å². The van der Waals surface area contributed by atoms with Crippen LogP contribution in [-0.2, 0) is 25.2 Å². The second-order valence-corrected chi connectivity index (χ2v) is 10.6. The summed E-state index contributed by atoms with van der Waals surface area (Å²) in [7, 11) is -1.78. The molecule has 0 saturated heterocycles. The maximum atomic E-state index is 13.3. The Morgan fingerprint density at radius 1 is 1.06 bits per heavy atom. The molecule has 0 spiro atoms. The summed E-state index contributed by atoms with van der Waals surface area (Å²) in [6.45, 7) is 3.68. The van der Waals surface area contributed by atoms with Gasteiger partial charge in [-0.25, -0.2) is 0 Å². The van der Waals surface area contributed by atoms with Crippen LogP contribution < -0.4 is 25.0 Å². The molecule has 1 fully saturated rings. The van der Waals surface area contributed by atoms with Gasteiger partial charge in [0, 0.05) is 34.3 Å². The molecule has 3 amide bonds. The number of anilines is 2. The Balaban J connectivity index is 1.40. The summed E-state index contributed by atoms with van der Waals surface area (Å²) in [5.41, 5.74) is 1.96. The van der Waals surface area contributed by atoms with Crippen LogP contribution in [0.1, 0.15) is 38.2 Å². The topological polar surface area (TPSA) is 114 Å². The normalized spacial score (nSPS) is 16.3. The van der Waals surface area contributed by atoms with Gasteiger partial charge < -0.3 is 20.1 Å². The van der Waals surface area contributed by atoms with E-state index in [0.717, 1.165) is 31.2 Å². The Hall–Kier alpha value is -3.40. The van der Waals surface area contributed by atoms with Crippen molar-refractivity contribution in [2.75, 3.05) is 28.5 Å². The summed E-state index contributed by atoms with van der Waals surface area (Å²) in [5.74, 6) is -0.859. The largest absolute Gasteiger partial charge is 0.454 e. The van der Waals surface area contributed by atoms with Crippen molar-refractivity contribution in [3.05, 3.63) is 48.0 Å². The Kier molecular flexibility index (Phi) is 8.25. The molecule has 36 heavy (non-hydrogen) atoms. The highest BCUT2D eigenvalue weighted by Gasteiger charge is 2.30. The average molecular weight is 514 g/mol. The van der Waals surface area contributed by atoms with Crippen molar-refractivity contribution in [2.24, 2.45) is 0 Å². The third kappa shape index (κ3) is 6.42. The molecule has 4 rings (SSSR count). The summed E-state index contributed by atoms with van der Waals surface area (Å²) in [6, 6.07) is 11.5. The Morgan fingerprint density at radius 3 is 2.56 bits per heavy atom. The summed E-state index contributed by atoms with van der Waals surface area (Å²) in [6.07, 6.45) is 4.01. The Bertz CT molecular complexity index is 1160. The lowest BCUT2D eigenvalue weighted by Gasteiger charge is -2.29. The average Bonchev–Trinajstić information content (AvgIpc) is 3.50. The number of hydrogen-bond acceptors (Lipinski definition) is 6. The first-order valence-electron chi connectivity index (χ1n) is 12.0. The van der Waals surface area contributed by atoms with E-state index in [1.807, 2.05) is 25.1 Å². The maximum absolute atomic E-state index is 13.3. The molecule has 9 nitrogen and oxygen atoms in total. The van der Waals surface area contributed by atoms with E-state index < -0.39 is 28.7 Å². The first-order valence-corrected chi connectivity index (χ1v) is 13.5.